The topological polar surface area (TPSA) is 111 Å². The van der Waals surface area contributed by atoms with Gasteiger partial charge in [0.2, 0.25) is 0 Å². The van der Waals surface area contributed by atoms with Crippen molar-refractivity contribution in [1.82, 2.24) is 25.1 Å². The number of amides is 1. The van der Waals surface area contributed by atoms with E-state index in [4.69, 9.17) is 10.00 Å². The van der Waals surface area contributed by atoms with Crippen molar-refractivity contribution in [2.45, 2.75) is 77.7 Å². The van der Waals surface area contributed by atoms with Crippen molar-refractivity contribution in [1.29, 1.82) is 5.26 Å². The Kier molecular flexibility index (Phi) is 6.66. The summed E-state index contributed by atoms with van der Waals surface area (Å²) in [6, 6.07) is 2.00. The molecule has 0 spiro atoms. The van der Waals surface area contributed by atoms with Crippen LogP contribution in [0.2, 0.25) is 0 Å². The van der Waals surface area contributed by atoms with E-state index in [9.17, 15) is 18.0 Å². The Morgan fingerprint density at radius 2 is 1.76 bits per heavy atom. The molecule has 2 aliphatic rings. The number of aromatic nitrogens is 4. The Bertz CT molecular complexity index is 1280. The lowest BCUT2D eigenvalue weighted by molar-refractivity contribution is -0.138. The first kappa shape index (κ1) is 27.3. The number of anilines is 3. The van der Waals surface area contributed by atoms with Crippen molar-refractivity contribution in [3.05, 3.63) is 29.2 Å². The average Bonchev–Trinajstić information content (AvgIpc) is 3.09. The number of hydrogen-bond acceptors (Lipinski definition) is 9. The number of alkyl halides is 3. The smallest absolute Gasteiger partial charge is 0.419 e. The Balaban J connectivity index is 1.70. The highest BCUT2D eigenvalue weighted by atomic mass is 19.4. The molecule has 13 heteroatoms. The summed E-state index contributed by atoms with van der Waals surface area (Å²) in [5.74, 6) is 1.04. The molecule has 204 valence electrons. The Hall–Kier alpha value is -3.69. The van der Waals surface area contributed by atoms with E-state index in [2.05, 4.69) is 25.1 Å². The second-order valence-corrected chi connectivity index (χ2v) is 11.4. The zero-order valence-electron chi connectivity index (χ0n) is 22.5. The number of carbonyl (C=O) groups excluding carboxylic acids is 1. The number of hydrogen-bond donors (Lipinski definition) is 0. The third-order valence-corrected chi connectivity index (χ3v) is 6.65. The first-order valence-corrected chi connectivity index (χ1v) is 12.3. The van der Waals surface area contributed by atoms with E-state index in [1.54, 1.807) is 9.80 Å². The number of nitriles is 1. The van der Waals surface area contributed by atoms with Crippen LogP contribution >= 0.6 is 0 Å². The number of nitrogens with zero attached hydrogens (tertiary/aromatic N) is 8. The van der Waals surface area contributed by atoms with Crippen molar-refractivity contribution in [3.63, 3.8) is 0 Å². The Morgan fingerprint density at radius 1 is 1.11 bits per heavy atom. The van der Waals surface area contributed by atoms with Gasteiger partial charge in [-0.2, -0.15) is 18.4 Å². The van der Waals surface area contributed by atoms with Crippen molar-refractivity contribution >= 4 is 23.5 Å². The molecule has 38 heavy (non-hydrogen) atoms. The van der Waals surface area contributed by atoms with Crippen LogP contribution in [0.1, 0.15) is 65.3 Å². The average molecular weight is 533 g/mol. The fourth-order valence-electron chi connectivity index (χ4n) is 4.94. The van der Waals surface area contributed by atoms with Crippen LogP contribution in [-0.4, -0.2) is 68.5 Å². The van der Waals surface area contributed by atoms with Crippen molar-refractivity contribution in [2.75, 3.05) is 29.4 Å². The summed E-state index contributed by atoms with van der Waals surface area (Å²) in [5, 5.41) is 16.5. The normalized spacial score (nSPS) is 21.2. The lowest BCUT2D eigenvalue weighted by atomic mass is 9.87. The molecule has 2 aromatic heterocycles. The molecule has 1 amide bonds. The predicted molar refractivity (Wildman–Crippen MR) is 133 cm³/mol. The van der Waals surface area contributed by atoms with Gasteiger partial charge in [-0.05, 0) is 40.7 Å². The van der Waals surface area contributed by atoms with Gasteiger partial charge >= 0.3 is 12.3 Å². The van der Waals surface area contributed by atoms with Gasteiger partial charge in [0.15, 0.2) is 11.5 Å². The standard InChI is InChI=1S/C25H31F3N8O2/c1-14-11-35(22(37)38-23(3,4)5)15(2)10-34(14)20-19-21(31-13-30-20)36(12-24(19,6)7)18-8-16(25(26,27)28)17(9-29)32-33-18/h8,13-15H,10-12H2,1-7H3/t14-,15+/m0/s1. The molecule has 0 radical (unpaired) electrons. The van der Waals surface area contributed by atoms with Crippen LogP contribution in [0.4, 0.5) is 35.4 Å². The molecule has 2 aliphatic heterocycles. The quantitative estimate of drug-likeness (QED) is 0.555. The molecule has 0 aliphatic carbocycles. The monoisotopic (exact) mass is 532 g/mol. The largest absolute Gasteiger partial charge is 0.444 e. The van der Waals surface area contributed by atoms with E-state index in [-0.39, 0.29) is 30.5 Å². The van der Waals surface area contributed by atoms with Gasteiger partial charge in [-0.1, -0.05) is 13.8 Å². The lowest BCUT2D eigenvalue weighted by Crippen LogP contribution is -2.59. The van der Waals surface area contributed by atoms with Crippen LogP contribution in [0.3, 0.4) is 0 Å². The molecule has 4 rings (SSSR count). The molecule has 0 unspecified atom stereocenters. The van der Waals surface area contributed by atoms with Crippen molar-refractivity contribution < 1.29 is 22.7 Å². The first-order chi connectivity index (χ1) is 17.5. The fourth-order valence-corrected chi connectivity index (χ4v) is 4.94. The highest BCUT2D eigenvalue weighted by molar-refractivity contribution is 5.74. The predicted octanol–water partition coefficient (Wildman–Crippen LogP) is 4.42. The van der Waals surface area contributed by atoms with Crippen LogP contribution in [0.15, 0.2) is 12.4 Å². The molecule has 4 heterocycles. The summed E-state index contributed by atoms with van der Waals surface area (Å²) in [5.41, 5.74) is -2.33. The number of carbonyl (C=O) groups is 1. The summed E-state index contributed by atoms with van der Waals surface area (Å²) in [4.78, 5) is 27.2. The highest BCUT2D eigenvalue weighted by Crippen LogP contribution is 2.47. The molecule has 0 saturated carbocycles. The van der Waals surface area contributed by atoms with E-state index in [0.29, 0.717) is 24.7 Å². The molecule has 1 fully saturated rings. The molecule has 0 aromatic carbocycles. The SMILES string of the molecule is C[C@@H]1CN(c2ncnc3c2C(C)(C)CN3c2cc(C(F)(F)F)c(C#N)nn2)[C@@H](C)CN1C(=O)OC(C)(C)C. The lowest BCUT2D eigenvalue weighted by Gasteiger charge is -2.45. The second-order valence-electron chi connectivity index (χ2n) is 11.4. The molecule has 0 bridgehead atoms. The van der Waals surface area contributed by atoms with Crippen LogP contribution < -0.4 is 9.80 Å². The molecular weight excluding hydrogens is 501 g/mol. The van der Waals surface area contributed by atoms with E-state index < -0.39 is 28.4 Å². The van der Waals surface area contributed by atoms with E-state index >= 15 is 0 Å². The van der Waals surface area contributed by atoms with Gasteiger partial charge < -0.3 is 19.4 Å². The minimum Gasteiger partial charge on any atom is -0.444 e. The second kappa shape index (κ2) is 9.25. The third-order valence-electron chi connectivity index (χ3n) is 6.65. The summed E-state index contributed by atoms with van der Waals surface area (Å²) in [6.45, 7) is 14.5. The van der Waals surface area contributed by atoms with Crippen LogP contribution in [-0.2, 0) is 16.3 Å². The van der Waals surface area contributed by atoms with Gasteiger partial charge in [-0.25, -0.2) is 14.8 Å². The Morgan fingerprint density at radius 3 is 2.37 bits per heavy atom. The number of rotatable bonds is 2. The number of ether oxygens (including phenoxy) is 1. The molecular formula is C25H31F3N8O2. The number of halogens is 3. The molecule has 10 nitrogen and oxygen atoms in total. The summed E-state index contributed by atoms with van der Waals surface area (Å²) >= 11 is 0. The van der Waals surface area contributed by atoms with Crippen LogP contribution in [0.25, 0.3) is 0 Å². The molecule has 2 aromatic rings. The maximum atomic E-state index is 13.6. The van der Waals surface area contributed by atoms with E-state index in [1.165, 1.54) is 12.4 Å². The van der Waals surface area contributed by atoms with Gasteiger partial charge in [0.1, 0.15) is 29.6 Å². The van der Waals surface area contributed by atoms with Crippen LogP contribution in [0, 0.1) is 11.3 Å². The van der Waals surface area contributed by atoms with Gasteiger partial charge in [-0.15, -0.1) is 10.2 Å². The van der Waals surface area contributed by atoms with E-state index in [1.807, 2.05) is 48.5 Å². The van der Waals surface area contributed by atoms with Crippen molar-refractivity contribution in [2.24, 2.45) is 0 Å². The Labute approximate surface area is 219 Å². The minimum atomic E-state index is -4.76. The zero-order valence-corrected chi connectivity index (χ0v) is 22.5. The zero-order chi connectivity index (χ0) is 28.2. The minimum absolute atomic E-state index is 0.0519. The number of fused-ring (bicyclic) bond motifs is 1. The third kappa shape index (κ3) is 5.04. The number of piperazine rings is 1. The maximum absolute atomic E-state index is 13.6. The van der Waals surface area contributed by atoms with Crippen molar-refractivity contribution in [3.8, 4) is 6.07 Å². The summed E-state index contributed by atoms with van der Waals surface area (Å²) in [6.07, 6.45) is -3.76. The van der Waals surface area contributed by atoms with Gasteiger partial charge in [-0.3, -0.25) is 0 Å². The van der Waals surface area contributed by atoms with Crippen LogP contribution in [0.5, 0.6) is 0 Å². The van der Waals surface area contributed by atoms with Gasteiger partial charge in [0, 0.05) is 42.7 Å². The summed E-state index contributed by atoms with van der Waals surface area (Å²) in [7, 11) is 0. The molecule has 0 N–H and O–H groups in total. The first-order valence-electron chi connectivity index (χ1n) is 12.3. The highest BCUT2D eigenvalue weighted by Gasteiger charge is 2.45. The molecule has 2 atom stereocenters. The summed E-state index contributed by atoms with van der Waals surface area (Å²) < 4.78 is 46.4. The maximum Gasteiger partial charge on any atom is 0.419 e. The molecule has 1 saturated heterocycles. The van der Waals surface area contributed by atoms with Gasteiger partial charge in [0.25, 0.3) is 0 Å². The van der Waals surface area contributed by atoms with Gasteiger partial charge in [0.05, 0.1) is 5.56 Å². The fraction of sp³-hybridized carbons (Fsp3) is 0.600. The van der Waals surface area contributed by atoms with E-state index in [0.717, 1.165) is 11.6 Å².